The minimum atomic E-state index is -0.347. The monoisotopic (exact) mass is 240 g/mol. The van der Waals surface area contributed by atoms with E-state index in [2.05, 4.69) is 5.10 Å². The molecule has 0 saturated carbocycles. The number of nitrogens with two attached hydrogens (primary N) is 1. The molecule has 0 saturated heterocycles. The molecule has 1 aromatic rings. The molecule has 0 amide bonds. The van der Waals surface area contributed by atoms with Crippen molar-refractivity contribution in [3.8, 4) is 0 Å². The maximum Gasteiger partial charge on any atom is 0.313 e. The molecular formula is C11H20N4O2. The molecule has 1 atom stereocenters. The van der Waals surface area contributed by atoms with Crippen molar-refractivity contribution in [2.45, 2.75) is 45.6 Å². The molecule has 96 valence electrons. The summed E-state index contributed by atoms with van der Waals surface area (Å²) in [7, 11) is 1.73. The number of aromatic nitrogens is 2. The van der Waals surface area contributed by atoms with Gasteiger partial charge >= 0.3 is 5.69 Å². The van der Waals surface area contributed by atoms with Crippen LogP contribution in [0.4, 0.5) is 5.69 Å². The summed E-state index contributed by atoms with van der Waals surface area (Å²) in [4.78, 5) is 10.8. The van der Waals surface area contributed by atoms with E-state index in [1.165, 1.54) is 0 Å². The Morgan fingerprint density at radius 3 is 2.53 bits per heavy atom. The SMILES string of the molecule is CCC(N)Cc1c([N+](=O)[O-])c(C(C)C)nn1C. The lowest BCUT2D eigenvalue weighted by Crippen LogP contribution is -2.23. The lowest BCUT2D eigenvalue weighted by Gasteiger charge is -2.08. The summed E-state index contributed by atoms with van der Waals surface area (Å²) in [6.45, 7) is 5.77. The molecule has 0 radical (unpaired) electrons. The van der Waals surface area contributed by atoms with Gasteiger partial charge in [-0.05, 0) is 6.42 Å². The van der Waals surface area contributed by atoms with Crippen LogP contribution in [0.15, 0.2) is 0 Å². The van der Waals surface area contributed by atoms with E-state index in [4.69, 9.17) is 5.73 Å². The number of hydrogen-bond acceptors (Lipinski definition) is 4. The van der Waals surface area contributed by atoms with Gasteiger partial charge in [0.2, 0.25) is 0 Å². The Kier molecular flexibility index (Phi) is 4.22. The van der Waals surface area contributed by atoms with Gasteiger partial charge in [-0.25, -0.2) is 0 Å². The van der Waals surface area contributed by atoms with Crippen molar-refractivity contribution in [2.75, 3.05) is 0 Å². The van der Waals surface area contributed by atoms with Gasteiger partial charge in [-0.3, -0.25) is 14.8 Å². The summed E-state index contributed by atoms with van der Waals surface area (Å²) >= 11 is 0. The van der Waals surface area contributed by atoms with Crippen LogP contribution in [-0.4, -0.2) is 20.7 Å². The lowest BCUT2D eigenvalue weighted by molar-refractivity contribution is -0.386. The van der Waals surface area contributed by atoms with Crippen LogP contribution in [0.2, 0.25) is 0 Å². The van der Waals surface area contributed by atoms with E-state index in [9.17, 15) is 10.1 Å². The Morgan fingerprint density at radius 2 is 2.12 bits per heavy atom. The quantitative estimate of drug-likeness (QED) is 0.627. The zero-order chi connectivity index (χ0) is 13.2. The van der Waals surface area contributed by atoms with E-state index in [0.29, 0.717) is 17.8 Å². The Morgan fingerprint density at radius 1 is 1.53 bits per heavy atom. The number of nitrogens with zero attached hydrogens (tertiary/aromatic N) is 3. The third kappa shape index (κ3) is 2.82. The van der Waals surface area contributed by atoms with Crippen molar-refractivity contribution in [2.24, 2.45) is 12.8 Å². The smallest absolute Gasteiger partial charge is 0.313 e. The normalized spacial score (nSPS) is 13.1. The minimum Gasteiger partial charge on any atom is -0.327 e. The molecule has 0 fully saturated rings. The van der Waals surface area contributed by atoms with Gasteiger partial charge in [0.15, 0.2) is 0 Å². The van der Waals surface area contributed by atoms with Crippen molar-refractivity contribution >= 4 is 5.69 Å². The van der Waals surface area contributed by atoms with Gasteiger partial charge in [0.05, 0.1) is 4.92 Å². The minimum absolute atomic E-state index is 0.0354. The van der Waals surface area contributed by atoms with Crippen LogP contribution in [0.1, 0.15) is 44.5 Å². The van der Waals surface area contributed by atoms with Gasteiger partial charge in [0.1, 0.15) is 11.4 Å². The predicted molar refractivity (Wildman–Crippen MR) is 65.9 cm³/mol. The highest BCUT2D eigenvalue weighted by Gasteiger charge is 2.28. The first-order valence-corrected chi connectivity index (χ1v) is 5.84. The predicted octanol–water partition coefficient (Wildman–Crippen LogP) is 1.73. The summed E-state index contributed by atoms with van der Waals surface area (Å²) in [5.74, 6) is 0.0354. The van der Waals surface area contributed by atoms with E-state index in [1.807, 2.05) is 20.8 Å². The van der Waals surface area contributed by atoms with Gasteiger partial charge in [-0.2, -0.15) is 5.10 Å². The molecule has 0 aromatic carbocycles. The summed E-state index contributed by atoms with van der Waals surface area (Å²) in [6, 6.07) is -0.0656. The molecule has 17 heavy (non-hydrogen) atoms. The maximum atomic E-state index is 11.1. The summed E-state index contributed by atoms with van der Waals surface area (Å²) in [5.41, 5.74) is 7.15. The van der Waals surface area contributed by atoms with Crippen LogP contribution >= 0.6 is 0 Å². The standard InChI is InChI=1S/C11H20N4O2/c1-5-8(12)6-9-11(15(16)17)10(7(2)3)13-14(9)4/h7-8H,5-6,12H2,1-4H3. The second-order valence-corrected chi connectivity index (χ2v) is 4.59. The van der Waals surface area contributed by atoms with E-state index in [1.54, 1.807) is 11.7 Å². The molecule has 6 heteroatoms. The molecule has 1 heterocycles. The Labute approximate surface area is 101 Å². The summed E-state index contributed by atoms with van der Waals surface area (Å²) in [6.07, 6.45) is 1.28. The van der Waals surface area contributed by atoms with E-state index < -0.39 is 0 Å². The second-order valence-electron chi connectivity index (χ2n) is 4.59. The zero-order valence-electron chi connectivity index (χ0n) is 10.8. The first-order valence-electron chi connectivity index (χ1n) is 5.84. The van der Waals surface area contributed by atoms with Crippen molar-refractivity contribution in [3.63, 3.8) is 0 Å². The first kappa shape index (κ1) is 13.6. The highest BCUT2D eigenvalue weighted by Crippen LogP contribution is 2.29. The molecule has 0 aliphatic carbocycles. The average Bonchev–Trinajstić information content (AvgIpc) is 2.56. The van der Waals surface area contributed by atoms with E-state index >= 15 is 0 Å². The van der Waals surface area contributed by atoms with Crippen LogP contribution in [0, 0.1) is 10.1 Å². The van der Waals surface area contributed by atoms with Crippen molar-refractivity contribution in [3.05, 3.63) is 21.5 Å². The molecule has 0 aliphatic heterocycles. The fraction of sp³-hybridized carbons (Fsp3) is 0.727. The van der Waals surface area contributed by atoms with Crippen LogP contribution < -0.4 is 5.73 Å². The summed E-state index contributed by atoms with van der Waals surface area (Å²) < 4.78 is 1.59. The van der Waals surface area contributed by atoms with Gasteiger partial charge in [0, 0.05) is 25.4 Å². The lowest BCUT2D eigenvalue weighted by atomic mass is 10.0. The van der Waals surface area contributed by atoms with Crippen molar-refractivity contribution < 1.29 is 4.92 Å². The number of aryl methyl sites for hydroxylation is 1. The van der Waals surface area contributed by atoms with Gasteiger partial charge in [-0.1, -0.05) is 20.8 Å². The zero-order valence-corrected chi connectivity index (χ0v) is 10.8. The van der Waals surface area contributed by atoms with Gasteiger partial charge < -0.3 is 5.73 Å². The fourth-order valence-corrected chi connectivity index (χ4v) is 1.78. The van der Waals surface area contributed by atoms with E-state index in [-0.39, 0.29) is 22.6 Å². The highest BCUT2D eigenvalue weighted by molar-refractivity contribution is 5.43. The Hall–Kier alpha value is -1.43. The van der Waals surface area contributed by atoms with Crippen LogP contribution in [0.3, 0.4) is 0 Å². The Balaban J connectivity index is 3.23. The number of rotatable bonds is 5. The van der Waals surface area contributed by atoms with Crippen LogP contribution in [0.5, 0.6) is 0 Å². The third-order valence-corrected chi connectivity index (χ3v) is 2.87. The maximum absolute atomic E-state index is 11.1. The average molecular weight is 240 g/mol. The van der Waals surface area contributed by atoms with Gasteiger partial charge in [-0.15, -0.1) is 0 Å². The molecule has 1 rings (SSSR count). The van der Waals surface area contributed by atoms with Gasteiger partial charge in [0.25, 0.3) is 0 Å². The Bertz CT molecular complexity index is 412. The molecule has 1 aromatic heterocycles. The molecular weight excluding hydrogens is 220 g/mol. The molecule has 6 nitrogen and oxygen atoms in total. The number of nitro groups is 1. The topological polar surface area (TPSA) is 87.0 Å². The third-order valence-electron chi connectivity index (χ3n) is 2.87. The molecule has 0 aliphatic rings. The fourth-order valence-electron chi connectivity index (χ4n) is 1.78. The summed E-state index contributed by atoms with van der Waals surface area (Å²) in [5, 5.41) is 15.4. The molecule has 0 spiro atoms. The van der Waals surface area contributed by atoms with Crippen molar-refractivity contribution in [1.82, 2.24) is 9.78 Å². The largest absolute Gasteiger partial charge is 0.327 e. The van der Waals surface area contributed by atoms with E-state index in [0.717, 1.165) is 6.42 Å². The molecule has 1 unspecified atom stereocenters. The highest BCUT2D eigenvalue weighted by atomic mass is 16.6. The number of hydrogen-bond donors (Lipinski definition) is 1. The second kappa shape index (κ2) is 5.27. The van der Waals surface area contributed by atoms with Crippen molar-refractivity contribution in [1.29, 1.82) is 0 Å². The molecule has 0 bridgehead atoms. The molecule has 2 N–H and O–H groups in total. The van der Waals surface area contributed by atoms with Crippen LogP contribution in [-0.2, 0) is 13.5 Å². The first-order chi connectivity index (χ1) is 7.88. The van der Waals surface area contributed by atoms with Crippen LogP contribution in [0.25, 0.3) is 0 Å².